The van der Waals surface area contributed by atoms with Gasteiger partial charge < -0.3 is 15.0 Å². The lowest BCUT2D eigenvalue weighted by Gasteiger charge is -2.44. The van der Waals surface area contributed by atoms with Crippen LogP contribution in [0, 0.1) is 18.8 Å². The summed E-state index contributed by atoms with van der Waals surface area (Å²) in [4.78, 5) is 23.0. The zero-order valence-electron chi connectivity index (χ0n) is 18.2. The smallest absolute Gasteiger partial charge is 0.252 e. The van der Waals surface area contributed by atoms with E-state index in [9.17, 15) is 9.90 Å². The van der Waals surface area contributed by atoms with Gasteiger partial charge in [0.1, 0.15) is 0 Å². The number of aliphatic hydroxyl groups excluding tert-OH is 1. The third-order valence-electron chi connectivity index (χ3n) is 7.66. The molecule has 5 rings (SSSR count). The Morgan fingerprint density at radius 3 is 2.57 bits per heavy atom. The fourth-order valence-electron chi connectivity index (χ4n) is 5.90. The number of nitrogens with zero attached hydrogens (tertiary/aromatic N) is 3. The van der Waals surface area contributed by atoms with Crippen molar-refractivity contribution >= 4 is 10.9 Å². The van der Waals surface area contributed by atoms with E-state index in [2.05, 4.69) is 44.9 Å². The topological polar surface area (TPSA) is 62.8 Å². The number of aromatic amines is 1. The number of pyridine rings is 1. The number of aryl methyl sites for hydroxylation is 1. The van der Waals surface area contributed by atoms with E-state index in [1.54, 1.807) is 0 Å². The number of hydrogen-bond acceptors (Lipinski definition) is 5. The number of fused-ring (bicyclic) bond motifs is 2. The van der Waals surface area contributed by atoms with Crippen LogP contribution in [-0.4, -0.2) is 83.3 Å². The lowest BCUT2D eigenvalue weighted by atomic mass is 9.77. The van der Waals surface area contributed by atoms with Crippen molar-refractivity contribution < 1.29 is 5.11 Å². The second kappa shape index (κ2) is 8.08. The second-order valence-corrected chi connectivity index (χ2v) is 9.87. The normalized spacial score (nSPS) is 31.3. The first kappa shape index (κ1) is 20.2. The number of rotatable bonds is 3. The molecule has 4 atom stereocenters. The minimum Gasteiger partial charge on any atom is -0.391 e. The Labute approximate surface area is 178 Å². The van der Waals surface area contributed by atoms with Gasteiger partial charge in [0.15, 0.2) is 0 Å². The number of aliphatic hydroxyl groups is 1. The molecule has 0 unspecified atom stereocenters. The van der Waals surface area contributed by atoms with E-state index in [1.165, 1.54) is 0 Å². The Morgan fingerprint density at radius 1 is 1.07 bits per heavy atom. The van der Waals surface area contributed by atoms with Gasteiger partial charge in [-0.05, 0) is 61.7 Å². The molecular weight excluding hydrogens is 376 g/mol. The molecule has 1 aromatic carbocycles. The summed E-state index contributed by atoms with van der Waals surface area (Å²) in [6, 6.07) is 8.56. The van der Waals surface area contributed by atoms with Gasteiger partial charge in [0.2, 0.25) is 0 Å². The van der Waals surface area contributed by atoms with Gasteiger partial charge in [-0.15, -0.1) is 0 Å². The fourth-order valence-corrected chi connectivity index (χ4v) is 5.90. The minimum atomic E-state index is -0.220. The van der Waals surface area contributed by atoms with Gasteiger partial charge in [0, 0.05) is 62.9 Å². The summed E-state index contributed by atoms with van der Waals surface area (Å²) in [5.74, 6) is 1.17. The molecule has 162 valence electrons. The maximum Gasteiger partial charge on any atom is 0.252 e. The van der Waals surface area contributed by atoms with Crippen LogP contribution in [0.3, 0.4) is 0 Å². The van der Waals surface area contributed by atoms with E-state index in [4.69, 9.17) is 0 Å². The van der Waals surface area contributed by atoms with Crippen LogP contribution in [0.1, 0.15) is 24.0 Å². The van der Waals surface area contributed by atoms with Gasteiger partial charge in [0.25, 0.3) is 5.56 Å². The molecule has 2 aromatic rings. The van der Waals surface area contributed by atoms with Crippen LogP contribution < -0.4 is 5.56 Å². The van der Waals surface area contributed by atoms with Crippen molar-refractivity contribution in [2.24, 2.45) is 11.8 Å². The molecule has 3 heterocycles. The Kier molecular flexibility index (Phi) is 5.44. The molecule has 6 heteroatoms. The summed E-state index contributed by atoms with van der Waals surface area (Å²) in [6.45, 7) is 9.07. The van der Waals surface area contributed by atoms with Gasteiger partial charge in [-0.25, -0.2) is 0 Å². The summed E-state index contributed by atoms with van der Waals surface area (Å²) < 4.78 is 0. The summed E-state index contributed by atoms with van der Waals surface area (Å²) in [6.07, 6.45) is 1.76. The SMILES string of the molecule is Cc1ccc2cc(CN3C[C@H]4C[C@@H](N5CCN(C)CC5)[C@H](O)C[C@H]4C3)c(=O)[nH]c2c1. The predicted octanol–water partition coefficient (Wildman–Crippen LogP) is 1.66. The first-order valence-electron chi connectivity index (χ1n) is 11.4. The minimum absolute atomic E-state index is 0.0262. The number of aromatic nitrogens is 1. The third-order valence-corrected chi connectivity index (χ3v) is 7.66. The Morgan fingerprint density at radius 2 is 1.80 bits per heavy atom. The van der Waals surface area contributed by atoms with Gasteiger partial charge in [0.05, 0.1) is 6.10 Å². The van der Waals surface area contributed by atoms with Crippen LogP contribution in [0.15, 0.2) is 29.1 Å². The molecule has 0 radical (unpaired) electrons. The van der Waals surface area contributed by atoms with Gasteiger partial charge >= 0.3 is 0 Å². The molecule has 6 nitrogen and oxygen atoms in total. The molecule has 30 heavy (non-hydrogen) atoms. The number of nitrogens with one attached hydrogen (secondary N) is 1. The zero-order valence-corrected chi connectivity index (χ0v) is 18.2. The molecule has 0 amide bonds. The van der Waals surface area contributed by atoms with Gasteiger partial charge in [-0.3, -0.25) is 14.6 Å². The van der Waals surface area contributed by atoms with Crippen molar-refractivity contribution in [3.63, 3.8) is 0 Å². The van der Waals surface area contributed by atoms with Crippen molar-refractivity contribution in [1.29, 1.82) is 0 Å². The standard InChI is InChI=1S/C24H34N4O2/c1-16-3-4-17-10-20(24(30)25-21(17)9-16)15-27-13-18-11-22(23(29)12-19(18)14-27)28-7-5-26(2)6-8-28/h3-4,9-10,18-19,22-23,29H,5-8,11-15H2,1-2H3,(H,25,30)/t18-,19+,22-,23-/m1/s1. The van der Waals surface area contributed by atoms with E-state index in [0.717, 1.165) is 74.1 Å². The first-order valence-corrected chi connectivity index (χ1v) is 11.4. The number of hydrogen-bond donors (Lipinski definition) is 2. The molecule has 1 aromatic heterocycles. The summed E-state index contributed by atoms with van der Waals surface area (Å²) in [5.41, 5.74) is 2.94. The van der Waals surface area contributed by atoms with Crippen LogP contribution >= 0.6 is 0 Å². The predicted molar refractivity (Wildman–Crippen MR) is 120 cm³/mol. The van der Waals surface area contributed by atoms with E-state index >= 15 is 0 Å². The molecule has 2 aliphatic heterocycles. The van der Waals surface area contributed by atoms with Crippen LogP contribution in [0.5, 0.6) is 0 Å². The summed E-state index contributed by atoms with van der Waals surface area (Å²) >= 11 is 0. The van der Waals surface area contributed by atoms with E-state index in [0.29, 0.717) is 24.4 Å². The van der Waals surface area contributed by atoms with Crippen molar-refractivity contribution in [2.45, 2.75) is 38.5 Å². The third kappa shape index (κ3) is 3.94. The largest absolute Gasteiger partial charge is 0.391 e. The van der Waals surface area contributed by atoms with Crippen LogP contribution in [-0.2, 0) is 6.54 Å². The highest BCUT2D eigenvalue weighted by molar-refractivity contribution is 5.79. The molecule has 3 aliphatic rings. The summed E-state index contributed by atoms with van der Waals surface area (Å²) in [7, 11) is 2.18. The highest BCUT2D eigenvalue weighted by Crippen LogP contribution is 2.39. The quantitative estimate of drug-likeness (QED) is 0.806. The van der Waals surface area contributed by atoms with Crippen molar-refractivity contribution in [2.75, 3.05) is 46.3 Å². The van der Waals surface area contributed by atoms with E-state index in [-0.39, 0.29) is 11.7 Å². The Hall–Kier alpha value is -1.73. The average molecular weight is 411 g/mol. The number of benzene rings is 1. The number of likely N-dealkylation sites (tertiary alicyclic amines) is 1. The van der Waals surface area contributed by atoms with Crippen LogP contribution in [0.25, 0.3) is 10.9 Å². The van der Waals surface area contributed by atoms with Gasteiger partial charge in [-0.1, -0.05) is 12.1 Å². The number of H-pyrrole nitrogens is 1. The molecule has 2 N–H and O–H groups in total. The van der Waals surface area contributed by atoms with Crippen LogP contribution in [0.2, 0.25) is 0 Å². The molecule has 1 saturated carbocycles. The van der Waals surface area contributed by atoms with Crippen molar-refractivity contribution in [3.05, 3.63) is 45.7 Å². The van der Waals surface area contributed by atoms with E-state index < -0.39 is 0 Å². The Balaban J connectivity index is 1.27. The average Bonchev–Trinajstić information content (AvgIpc) is 3.10. The number of likely N-dealkylation sites (N-methyl/N-ethyl adjacent to an activating group) is 1. The molecule has 0 spiro atoms. The van der Waals surface area contributed by atoms with Crippen molar-refractivity contribution in [1.82, 2.24) is 19.7 Å². The first-order chi connectivity index (χ1) is 14.5. The second-order valence-electron chi connectivity index (χ2n) is 9.87. The van der Waals surface area contributed by atoms with Crippen LogP contribution in [0.4, 0.5) is 0 Å². The maximum atomic E-state index is 12.7. The number of piperazine rings is 1. The fraction of sp³-hybridized carbons (Fsp3) is 0.625. The maximum absolute atomic E-state index is 12.7. The zero-order chi connectivity index (χ0) is 20.8. The van der Waals surface area contributed by atoms with E-state index in [1.807, 2.05) is 13.0 Å². The Bertz CT molecular complexity index is 965. The summed E-state index contributed by atoms with van der Waals surface area (Å²) in [5, 5.41) is 12.0. The monoisotopic (exact) mass is 410 g/mol. The van der Waals surface area contributed by atoms with Gasteiger partial charge in [-0.2, -0.15) is 0 Å². The van der Waals surface area contributed by atoms with Crippen molar-refractivity contribution in [3.8, 4) is 0 Å². The lowest BCUT2D eigenvalue weighted by molar-refractivity contribution is -0.0249. The lowest BCUT2D eigenvalue weighted by Crippen LogP contribution is -2.55. The highest BCUT2D eigenvalue weighted by atomic mass is 16.3. The molecule has 0 bridgehead atoms. The molecular formula is C24H34N4O2. The highest BCUT2D eigenvalue weighted by Gasteiger charge is 2.43. The molecule has 1 aliphatic carbocycles. The molecule has 3 fully saturated rings. The molecule has 2 saturated heterocycles.